The summed E-state index contributed by atoms with van der Waals surface area (Å²) in [4.78, 5) is 37.2. The molecule has 0 radical (unpaired) electrons. The van der Waals surface area contributed by atoms with Crippen LogP contribution in [0.5, 0.6) is 0 Å². The first-order chi connectivity index (χ1) is 15.6. The van der Waals surface area contributed by atoms with Crippen LogP contribution in [0.25, 0.3) is 0 Å². The lowest BCUT2D eigenvalue weighted by atomic mass is 10.1. The van der Waals surface area contributed by atoms with Gasteiger partial charge in [0, 0.05) is 31.5 Å². The zero-order chi connectivity index (χ0) is 22.6. The van der Waals surface area contributed by atoms with Gasteiger partial charge in [0.25, 0.3) is 5.91 Å². The Balaban J connectivity index is 1.62. The second-order valence-corrected chi connectivity index (χ2v) is 7.79. The van der Waals surface area contributed by atoms with Crippen molar-refractivity contribution in [3.63, 3.8) is 0 Å². The molecule has 1 unspecified atom stereocenters. The van der Waals surface area contributed by atoms with Gasteiger partial charge in [0.2, 0.25) is 12.0 Å². The number of nitrogens with one attached hydrogen (secondary N) is 2. The van der Waals surface area contributed by atoms with Gasteiger partial charge in [-0.2, -0.15) is 0 Å². The van der Waals surface area contributed by atoms with Crippen molar-refractivity contribution in [3.8, 4) is 0 Å². The largest absolute Gasteiger partial charge is 0.447 e. The Hall–Kier alpha value is -3.30. The molecular weight excluding hydrogens is 412 g/mol. The standard InChI is InChI=1S/C22H30N6O4/c29-19-12-6-2-8-14-23-22(31)21(17-10-4-1-5-11-17)32-20(30)13-7-3-9-15-28-18(16-24-19)25-26-27-28/h1,4-5,10-11,21H,2-3,6-9,12-16H2,(H,23,31)(H,24,29). The third-order valence-electron chi connectivity index (χ3n) is 5.27. The molecule has 1 aromatic carbocycles. The molecule has 0 saturated carbocycles. The van der Waals surface area contributed by atoms with Gasteiger partial charge in [-0.1, -0.05) is 43.2 Å². The summed E-state index contributed by atoms with van der Waals surface area (Å²) in [6.07, 6.45) is 4.09. The van der Waals surface area contributed by atoms with Crippen LogP contribution in [0, 0.1) is 0 Å². The number of ether oxygens (including phenoxy) is 1. The highest BCUT2D eigenvalue weighted by molar-refractivity contribution is 5.85. The van der Waals surface area contributed by atoms with Gasteiger partial charge in [0.05, 0.1) is 6.54 Å². The Morgan fingerprint density at radius 3 is 2.53 bits per heavy atom. The van der Waals surface area contributed by atoms with Gasteiger partial charge in [-0.25, -0.2) is 4.68 Å². The first-order valence-corrected chi connectivity index (χ1v) is 11.2. The maximum absolute atomic E-state index is 12.7. The Morgan fingerprint density at radius 1 is 0.906 bits per heavy atom. The summed E-state index contributed by atoms with van der Waals surface area (Å²) in [5.74, 6) is -0.160. The number of aryl methyl sites for hydroxylation is 1. The Morgan fingerprint density at radius 2 is 1.69 bits per heavy atom. The lowest BCUT2D eigenvalue weighted by Gasteiger charge is -2.18. The van der Waals surface area contributed by atoms with Crippen molar-refractivity contribution >= 4 is 17.8 Å². The minimum Gasteiger partial charge on any atom is -0.447 e. The van der Waals surface area contributed by atoms with E-state index in [1.807, 2.05) is 18.2 Å². The summed E-state index contributed by atoms with van der Waals surface area (Å²) in [6, 6.07) is 9.02. The zero-order valence-corrected chi connectivity index (χ0v) is 18.2. The molecule has 10 heteroatoms. The molecule has 3 rings (SSSR count). The van der Waals surface area contributed by atoms with Gasteiger partial charge in [0.1, 0.15) is 0 Å². The summed E-state index contributed by atoms with van der Waals surface area (Å²) in [5, 5.41) is 17.3. The number of amides is 2. The monoisotopic (exact) mass is 442 g/mol. The van der Waals surface area contributed by atoms with Crippen LogP contribution in [0.1, 0.15) is 68.9 Å². The Labute approximate surface area is 187 Å². The lowest BCUT2D eigenvalue weighted by molar-refractivity contribution is -0.156. The molecule has 32 heavy (non-hydrogen) atoms. The van der Waals surface area contributed by atoms with Crippen LogP contribution >= 0.6 is 0 Å². The molecule has 2 heterocycles. The molecule has 1 atom stereocenters. The van der Waals surface area contributed by atoms with Gasteiger partial charge in [-0.05, 0) is 36.1 Å². The highest BCUT2D eigenvalue weighted by atomic mass is 16.5. The number of hydrogen-bond donors (Lipinski definition) is 2. The van der Waals surface area contributed by atoms with Crippen molar-refractivity contribution in [2.75, 3.05) is 6.54 Å². The number of benzene rings is 1. The van der Waals surface area contributed by atoms with E-state index in [9.17, 15) is 14.4 Å². The number of rotatable bonds is 1. The van der Waals surface area contributed by atoms with Crippen molar-refractivity contribution < 1.29 is 19.1 Å². The van der Waals surface area contributed by atoms with Crippen molar-refractivity contribution in [1.82, 2.24) is 30.8 Å². The van der Waals surface area contributed by atoms with Gasteiger partial charge in [-0.15, -0.1) is 5.10 Å². The topological polar surface area (TPSA) is 128 Å². The van der Waals surface area contributed by atoms with E-state index < -0.39 is 12.1 Å². The van der Waals surface area contributed by atoms with E-state index in [1.165, 1.54) is 0 Å². The number of carbonyl (C=O) groups excluding carboxylic acids is 3. The minimum absolute atomic E-state index is 0.0472. The highest BCUT2D eigenvalue weighted by Crippen LogP contribution is 2.19. The number of hydrogen-bond acceptors (Lipinski definition) is 7. The van der Waals surface area contributed by atoms with E-state index in [1.54, 1.807) is 16.8 Å². The molecule has 0 bridgehead atoms. The molecule has 0 spiro atoms. The van der Waals surface area contributed by atoms with Gasteiger partial charge >= 0.3 is 5.97 Å². The van der Waals surface area contributed by atoms with E-state index >= 15 is 0 Å². The van der Waals surface area contributed by atoms with E-state index in [0.29, 0.717) is 43.7 Å². The predicted octanol–water partition coefficient (Wildman–Crippen LogP) is 1.82. The molecule has 172 valence electrons. The molecule has 0 saturated heterocycles. The Bertz CT molecular complexity index is 886. The van der Waals surface area contributed by atoms with E-state index in [-0.39, 0.29) is 24.8 Å². The summed E-state index contributed by atoms with van der Waals surface area (Å²) in [5.41, 5.74) is 0.642. The molecular formula is C22H30N6O4. The zero-order valence-electron chi connectivity index (χ0n) is 18.2. The van der Waals surface area contributed by atoms with Crippen molar-refractivity contribution in [2.24, 2.45) is 0 Å². The average molecular weight is 443 g/mol. The fourth-order valence-electron chi connectivity index (χ4n) is 3.48. The Kier molecular flexibility index (Phi) is 9.15. The van der Waals surface area contributed by atoms with Crippen molar-refractivity contribution in [2.45, 2.75) is 70.6 Å². The molecule has 10 nitrogen and oxygen atoms in total. The summed E-state index contributed by atoms with van der Waals surface area (Å²) < 4.78 is 7.22. The summed E-state index contributed by atoms with van der Waals surface area (Å²) >= 11 is 0. The third-order valence-corrected chi connectivity index (χ3v) is 5.27. The van der Waals surface area contributed by atoms with E-state index in [4.69, 9.17) is 4.74 Å². The summed E-state index contributed by atoms with van der Waals surface area (Å²) in [7, 11) is 0. The second-order valence-electron chi connectivity index (χ2n) is 7.79. The van der Waals surface area contributed by atoms with E-state index in [0.717, 1.165) is 25.7 Å². The van der Waals surface area contributed by atoms with Gasteiger partial charge < -0.3 is 15.4 Å². The average Bonchev–Trinajstić information content (AvgIpc) is 3.25. The number of fused-ring (bicyclic) bond motifs is 1. The number of esters is 1. The fourth-order valence-corrected chi connectivity index (χ4v) is 3.48. The van der Waals surface area contributed by atoms with Crippen LogP contribution in [0.4, 0.5) is 0 Å². The molecule has 0 aliphatic carbocycles. The number of nitrogens with zero attached hydrogens (tertiary/aromatic N) is 4. The summed E-state index contributed by atoms with van der Waals surface area (Å²) in [6.45, 7) is 1.34. The fraction of sp³-hybridized carbons (Fsp3) is 0.545. The molecule has 1 aliphatic heterocycles. The van der Waals surface area contributed by atoms with Crippen LogP contribution < -0.4 is 10.6 Å². The molecule has 1 aromatic heterocycles. The number of aromatic nitrogens is 4. The predicted molar refractivity (Wildman–Crippen MR) is 115 cm³/mol. The van der Waals surface area contributed by atoms with Gasteiger partial charge in [-0.3, -0.25) is 14.4 Å². The molecule has 2 amide bonds. The second kappa shape index (κ2) is 12.5. The maximum Gasteiger partial charge on any atom is 0.306 e. The number of tetrazole rings is 1. The smallest absolute Gasteiger partial charge is 0.306 e. The van der Waals surface area contributed by atoms with Crippen LogP contribution in [0.2, 0.25) is 0 Å². The highest BCUT2D eigenvalue weighted by Gasteiger charge is 2.24. The van der Waals surface area contributed by atoms with Crippen LogP contribution in [0.3, 0.4) is 0 Å². The molecule has 0 fully saturated rings. The molecule has 2 aromatic rings. The first kappa shape index (κ1) is 23.4. The molecule has 2 N–H and O–H groups in total. The first-order valence-electron chi connectivity index (χ1n) is 11.2. The lowest BCUT2D eigenvalue weighted by Crippen LogP contribution is -2.33. The molecule has 1 aliphatic rings. The number of carbonyl (C=O) groups is 3. The minimum atomic E-state index is -0.969. The third kappa shape index (κ3) is 7.44. The maximum atomic E-state index is 12.7. The normalized spacial score (nSPS) is 20.4. The quantitative estimate of drug-likeness (QED) is 0.645. The van der Waals surface area contributed by atoms with Crippen molar-refractivity contribution in [1.29, 1.82) is 0 Å². The van der Waals surface area contributed by atoms with E-state index in [2.05, 4.69) is 26.2 Å². The van der Waals surface area contributed by atoms with Crippen LogP contribution in [0.15, 0.2) is 30.3 Å². The SMILES string of the molecule is O=C1CCCCCNC(=O)C(c2ccccc2)OC(=O)CCCCCn2nnnc2CN1. The van der Waals surface area contributed by atoms with Crippen LogP contribution in [-0.4, -0.2) is 44.5 Å². The van der Waals surface area contributed by atoms with Gasteiger partial charge in [0.15, 0.2) is 5.82 Å². The number of cyclic esters (lactones) is 1. The van der Waals surface area contributed by atoms with Crippen molar-refractivity contribution in [3.05, 3.63) is 41.7 Å². The van der Waals surface area contributed by atoms with Crippen LogP contribution in [-0.2, 0) is 32.2 Å².